The SMILES string of the molecule is Cc1cc(N(C)C)ccc1NS(=O)(=O)c1ccc(Br)s1. The van der Waals surface area contributed by atoms with E-state index in [1.807, 2.05) is 38.1 Å². The molecule has 0 aliphatic heterocycles. The Kier molecular flexibility index (Phi) is 4.41. The van der Waals surface area contributed by atoms with Gasteiger partial charge in [-0.2, -0.15) is 0 Å². The Morgan fingerprint density at radius 2 is 1.90 bits per heavy atom. The molecule has 0 saturated carbocycles. The van der Waals surface area contributed by atoms with Gasteiger partial charge >= 0.3 is 0 Å². The van der Waals surface area contributed by atoms with Gasteiger partial charge in [-0.3, -0.25) is 4.72 Å². The van der Waals surface area contributed by atoms with Crippen molar-refractivity contribution < 1.29 is 8.42 Å². The molecule has 1 aromatic heterocycles. The van der Waals surface area contributed by atoms with Gasteiger partial charge in [-0.05, 0) is 58.7 Å². The van der Waals surface area contributed by atoms with Crippen LogP contribution in [0.5, 0.6) is 0 Å². The molecule has 0 amide bonds. The predicted octanol–water partition coefficient (Wildman–Crippen LogP) is 3.69. The summed E-state index contributed by atoms with van der Waals surface area (Å²) in [6.45, 7) is 1.88. The zero-order chi connectivity index (χ0) is 14.9. The summed E-state index contributed by atoms with van der Waals surface area (Å²) in [6.07, 6.45) is 0. The number of anilines is 2. The molecule has 2 aromatic rings. The van der Waals surface area contributed by atoms with Gasteiger partial charge in [-0.25, -0.2) is 8.42 Å². The minimum atomic E-state index is -3.52. The summed E-state index contributed by atoms with van der Waals surface area (Å²) in [4.78, 5) is 1.97. The maximum absolute atomic E-state index is 12.3. The quantitative estimate of drug-likeness (QED) is 0.887. The van der Waals surface area contributed by atoms with Crippen LogP contribution in [0.1, 0.15) is 5.56 Å². The minimum absolute atomic E-state index is 0.292. The molecule has 0 fully saturated rings. The van der Waals surface area contributed by atoms with Gasteiger partial charge in [-0.1, -0.05) is 0 Å². The summed E-state index contributed by atoms with van der Waals surface area (Å²) in [5.41, 5.74) is 2.51. The van der Waals surface area contributed by atoms with E-state index in [9.17, 15) is 8.42 Å². The second-order valence-electron chi connectivity index (χ2n) is 4.56. The molecule has 0 saturated heterocycles. The van der Waals surface area contributed by atoms with Crippen LogP contribution in [0.4, 0.5) is 11.4 Å². The summed E-state index contributed by atoms with van der Waals surface area (Å²) in [6, 6.07) is 8.92. The van der Waals surface area contributed by atoms with E-state index in [1.165, 1.54) is 11.3 Å². The third-order valence-electron chi connectivity index (χ3n) is 2.78. The molecule has 20 heavy (non-hydrogen) atoms. The van der Waals surface area contributed by atoms with Gasteiger partial charge in [0.15, 0.2) is 0 Å². The molecule has 1 N–H and O–H groups in total. The van der Waals surface area contributed by atoms with Crippen molar-refractivity contribution in [2.24, 2.45) is 0 Å². The maximum Gasteiger partial charge on any atom is 0.271 e. The molecule has 0 bridgehead atoms. The van der Waals surface area contributed by atoms with E-state index in [0.29, 0.717) is 9.90 Å². The Bertz CT molecular complexity index is 724. The van der Waals surface area contributed by atoms with Crippen LogP contribution in [0.25, 0.3) is 0 Å². The normalized spacial score (nSPS) is 11.4. The Balaban J connectivity index is 2.30. The highest BCUT2D eigenvalue weighted by Crippen LogP contribution is 2.29. The summed E-state index contributed by atoms with van der Waals surface area (Å²) in [7, 11) is 0.369. The second kappa shape index (κ2) is 5.75. The van der Waals surface area contributed by atoms with Gasteiger partial charge in [0.1, 0.15) is 4.21 Å². The number of sulfonamides is 1. The third-order valence-corrected chi connectivity index (χ3v) is 6.27. The highest BCUT2D eigenvalue weighted by atomic mass is 79.9. The third kappa shape index (κ3) is 3.34. The first kappa shape index (κ1) is 15.3. The minimum Gasteiger partial charge on any atom is -0.378 e. The van der Waals surface area contributed by atoms with Gasteiger partial charge in [-0.15, -0.1) is 11.3 Å². The van der Waals surface area contributed by atoms with Crippen LogP contribution in [-0.4, -0.2) is 22.5 Å². The smallest absolute Gasteiger partial charge is 0.271 e. The highest BCUT2D eigenvalue weighted by Gasteiger charge is 2.17. The van der Waals surface area contributed by atoms with Crippen LogP contribution in [0.2, 0.25) is 0 Å². The lowest BCUT2D eigenvalue weighted by atomic mass is 10.2. The maximum atomic E-state index is 12.3. The molecule has 4 nitrogen and oxygen atoms in total. The van der Waals surface area contributed by atoms with Gasteiger partial charge in [0, 0.05) is 19.8 Å². The summed E-state index contributed by atoms with van der Waals surface area (Å²) < 4.78 is 28.2. The monoisotopic (exact) mass is 374 g/mol. The first-order valence-electron chi connectivity index (χ1n) is 5.86. The molecule has 1 heterocycles. The molecular formula is C13H15BrN2O2S2. The molecule has 0 aliphatic rings. The van der Waals surface area contributed by atoms with E-state index in [-0.39, 0.29) is 0 Å². The fourth-order valence-electron chi connectivity index (χ4n) is 1.68. The molecule has 7 heteroatoms. The highest BCUT2D eigenvalue weighted by molar-refractivity contribution is 9.11. The number of hydrogen-bond donors (Lipinski definition) is 1. The van der Waals surface area contributed by atoms with Crippen LogP contribution in [0.15, 0.2) is 38.3 Å². The van der Waals surface area contributed by atoms with Gasteiger partial charge in [0.05, 0.1) is 9.47 Å². The van der Waals surface area contributed by atoms with Gasteiger partial charge in [0.25, 0.3) is 10.0 Å². The Morgan fingerprint density at radius 3 is 2.40 bits per heavy atom. The fourth-order valence-corrected chi connectivity index (χ4v) is 4.82. The van der Waals surface area contributed by atoms with Crippen LogP contribution in [0, 0.1) is 6.92 Å². The van der Waals surface area contributed by atoms with Crippen LogP contribution in [0.3, 0.4) is 0 Å². The van der Waals surface area contributed by atoms with Gasteiger partial charge < -0.3 is 4.90 Å². The molecule has 0 aliphatic carbocycles. The van der Waals surface area contributed by atoms with E-state index in [4.69, 9.17) is 0 Å². The molecule has 1 aromatic carbocycles. The van der Waals surface area contributed by atoms with Crippen molar-refractivity contribution in [3.63, 3.8) is 0 Å². The number of rotatable bonds is 4. The second-order valence-corrected chi connectivity index (χ2v) is 8.93. The first-order valence-corrected chi connectivity index (χ1v) is 8.95. The number of nitrogens with one attached hydrogen (secondary N) is 1. The molecule has 0 radical (unpaired) electrons. The number of nitrogens with zero attached hydrogens (tertiary/aromatic N) is 1. The molecule has 2 rings (SSSR count). The van der Waals surface area contributed by atoms with Crippen molar-refractivity contribution in [3.8, 4) is 0 Å². The predicted molar refractivity (Wildman–Crippen MR) is 88.3 cm³/mol. The number of thiophene rings is 1. The van der Waals surface area contributed by atoms with Gasteiger partial charge in [0.2, 0.25) is 0 Å². The summed E-state index contributed by atoms with van der Waals surface area (Å²) in [5, 5.41) is 0. The average Bonchev–Trinajstić information content (AvgIpc) is 2.79. The van der Waals surface area contributed by atoms with Crippen molar-refractivity contribution in [2.75, 3.05) is 23.7 Å². The van der Waals surface area contributed by atoms with Crippen LogP contribution >= 0.6 is 27.3 Å². The van der Waals surface area contributed by atoms with E-state index in [2.05, 4.69) is 20.7 Å². The van der Waals surface area contributed by atoms with Crippen LogP contribution < -0.4 is 9.62 Å². The lowest BCUT2D eigenvalue weighted by Gasteiger charge is -2.15. The van der Waals surface area contributed by atoms with Crippen molar-refractivity contribution >= 4 is 48.7 Å². The van der Waals surface area contributed by atoms with E-state index < -0.39 is 10.0 Å². The molecule has 0 atom stereocenters. The number of aryl methyl sites for hydroxylation is 1. The summed E-state index contributed by atoms with van der Waals surface area (Å²) >= 11 is 4.46. The van der Waals surface area contributed by atoms with Crippen molar-refractivity contribution in [3.05, 3.63) is 39.7 Å². The molecule has 0 spiro atoms. The van der Waals surface area contributed by atoms with E-state index in [1.54, 1.807) is 18.2 Å². The number of halogens is 1. The zero-order valence-corrected chi connectivity index (χ0v) is 14.6. The van der Waals surface area contributed by atoms with Crippen molar-refractivity contribution in [1.29, 1.82) is 0 Å². The summed E-state index contributed by atoms with van der Waals surface area (Å²) in [5.74, 6) is 0. The largest absolute Gasteiger partial charge is 0.378 e. The number of benzene rings is 1. The molecule has 0 unspecified atom stereocenters. The lowest BCUT2D eigenvalue weighted by molar-refractivity contribution is 0.603. The van der Waals surface area contributed by atoms with Crippen molar-refractivity contribution in [1.82, 2.24) is 0 Å². The molecular weight excluding hydrogens is 360 g/mol. The molecule has 108 valence electrons. The van der Waals surface area contributed by atoms with Crippen molar-refractivity contribution in [2.45, 2.75) is 11.1 Å². The Morgan fingerprint density at radius 1 is 1.20 bits per heavy atom. The fraction of sp³-hybridized carbons (Fsp3) is 0.231. The van der Waals surface area contributed by atoms with Crippen LogP contribution in [-0.2, 0) is 10.0 Å². The Hall–Kier alpha value is -1.05. The van der Waals surface area contributed by atoms with E-state index >= 15 is 0 Å². The zero-order valence-electron chi connectivity index (χ0n) is 11.3. The topological polar surface area (TPSA) is 49.4 Å². The number of hydrogen-bond acceptors (Lipinski definition) is 4. The van der Waals surface area contributed by atoms with E-state index in [0.717, 1.165) is 15.0 Å². The Labute approximate surface area is 131 Å². The first-order chi connectivity index (χ1) is 9.29. The standard InChI is InChI=1S/C13H15BrN2O2S2/c1-9-8-10(16(2)3)4-5-11(9)15-20(17,18)13-7-6-12(14)19-13/h4-8,15H,1-3H3. The lowest BCUT2D eigenvalue weighted by Crippen LogP contribution is -2.13. The average molecular weight is 375 g/mol.